The van der Waals surface area contributed by atoms with Crippen LogP contribution in [0.3, 0.4) is 0 Å². The third kappa shape index (κ3) is 4.21. The average Bonchev–Trinajstić information content (AvgIpc) is 2.81. The Balaban J connectivity index is 1.58. The molecule has 0 atom stereocenters. The lowest BCUT2D eigenvalue weighted by Gasteiger charge is -2.11. The van der Waals surface area contributed by atoms with Crippen molar-refractivity contribution in [1.82, 2.24) is 0 Å². The summed E-state index contributed by atoms with van der Waals surface area (Å²) in [5, 5.41) is 2.47. The second-order valence-corrected chi connectivity index (χ2v) is 6.88. The molecule has 0 bridgehead atoms. The fraction of sp³-hybridized carbons (Fsp3) is 0.444. The highest BCUT2D eigenvalue weighted by Gasteiger charge is 2.15. The predicted molar refractivity (Wildman–Crippen MR) is 89.0 cm³/mol. The molecule has 1 aromatic heterocycles. The molecule has 21 heavy (non-hydrogen) atoms. The molecule has 3 rings (SSSR count). The van der Waals surface area contributed by atoms with E-state index in [1.807, 2.05) is 0 Å². The Morgan fingerprint density at radius 3 is 2.38 bits per heavy atom. The molecule has 3 heteroatoms. The van der Waals surface area contributed by atoms with Crippen molar-refractivity contribution in [3.8, 4) is 11.3 Å². The topological polar surface area (TPSA) is 29.8 Å². The van der Waals surface area contributed by atoms with E-state index in [4.69, 9.17) is 4.42 Å². The van der Waals surface area contributed by atoms with Gasteiger partial charge in [0.15, 0.2) is 5.76 Å². The molecular weight excluding hydrogens is 326 g/mol. The van der Waals surface area contributed by atoms with Crippen molar-refractivity contribution < 1.29 is 9.73 Å². The molecule has 1 aromatic carbocycles. The highest BCUT2D eigenvalue weighted by atomic mass is 79.9. The molecule has 0 radical (unpaired) electrons. The van der Waals surface area contributed by atoms with Gasteiger partial charge in [0.1, 0.15) is 12.3 Å². The van der Waals surface area contributed by atoms with Crippen molar-refractivity contribution in [1.29, 1.82) is 0 Å². The summed E-state index contributed by atoms with van der Waals surface area (Å²) in [5.41, 5.74) is 1.14. The van der Waals surface area contributed by atoms with Crippen molar-refractivity contribution >= 4 is 15.9 Å². The second kappa shape index (κ2) is 7.28. The quantitative estimate of drug-likeness (QED) is 0.810. The highest BCUT2D eigenvalue weighted by Crippen LogP contribution is 2.23. The van der Waals surface area contributed by atoms with Crippen LogP contribution in [0, 0.1) is 0 Å². The van der Waals surface area contributed by atoms with E-state index in [2.05, 4.69) is 57.6 Å². The smallest absolute Gasteiger partial charge is 0.158 e. The Hall–Kier alpha value is -1.06. The van der Waals surface area contributed by atoms with Crippen LogP contribution in [0.25, 0.3) is 11.3 Å². The summed E-state index contributed by atoms with van der Waals surface area (Å²) in [7, 11) is 0. The van der Waals surface area contributed by atoms with Gasteiger partial charge in [-0.15, -0.1) is 0 Å². The number of nitrogens with two attached hydrogens (primary N) is 1. The number of benzene rings is 1. The molecule has 1 aliphatic carbocycles. The average molecular weight is 349 g/mol. The number of hydrogen-bond acceptors (Lipinski definition) is 1. The minimum atomic E-state index is 0.786. The SMILES string of the molecule is Brc1ccc(-c2ccc(C[NH2+]C3CCCCCC3)o2)cc1. The number of hydrogen-bond donors (Lipinski definition) is 1. The van der Waals surface area contributed by atoms with Gasteiger partial charge >= 0.3 is 0 Å². The van der Waals surface area contributed by atoms with Gasteiger partial charge in [0.05, 0.1) is 6.04 Å². The van der Waals surface area contributed by atoms with Crippen LogP contribution in [0.2, 0.25) is 0 Å². The summed E-state index contributed by atoms with van der Waals surface area (Å²) in [6, 6.07) is 13.3. The van der Waals surface area contributed by atoms with Crippen molar-refractivity contribution in [2.24, 2.45) is 0 Å². The van der Waals surface area contributed by atoms with Crippen LogP contribution >= 0.6 is 15.9 Å². The molecule has 112 valence electrons. The zero-order valence-corrected chi connectivity index (χ0v) is 13.9. The summed E-state index contributed by atoms with van der Waals surface area (Å²) < 4.78 is 7.08. The van der Waals surface area contributed by atoms with E-state index in [-0.39, 0.29) is 0 Å². The van der Waals surface area contributed by atoms with Crippen molar-refractivity contribution in [2.45, 2.75) is 51.1 Å². The summed E-state index contributed by atoms with van der Waals surface area (Å²) >= 11 is 3.46. The third-order valence-corrected chi connectivity index (χ3v) is 4.87. The van der Waals surface area contributed by atoms with Crippen molar-refractivity contribution in [3.05, 3.63) is 46.6 Å². The highest BCUT2D eigenvalue weighted by molar-refractivity contribution is 9.10. The van der Waals surface area contributed by atoms with Gasteiger partial charge in [-0.05, 0) is 49.9 Å². The maximum absolute atomic E-state index is 5.99. The van der Waals surface area contributed by atoms with Crippen LogP contribution in [0.1, 0.15) is 44.3 Å². The molecule has 1 aliphatic rings. The van der Waals surface area contributed by atoms with E-state index >= 15 is 0 Å². The molecule has 2 aromatic rings. The van der Waals surface area contributed by atoms with E-state index in [1.165, 1.54) is 38.5 Å². The first-order valence-corrected chi connectivity index (χ1v) is 8.78. The fourth-order valence-electron chi connectivity index (χ4n) is 3.09. The largest absolute Gasteiger partial charge is 0.455 e. The normalized spacial score (nSPS) is 16.8. The number of rotatable bonds is 4. The Bertz CT molecular complexity index is 553. The van der Waals surface area contributed by atoms with Gasteiger partial charge in [-0.25, -0.2) is 0 Å². The maximum Gasteiger partial charge on any atom is 0.158 e. The van der Waals surface area contributed by atoms with Crippen LogP contribution in [-0.2, 0) is 6.54 Å². The van der Waals surface area contributed by atoms with E-state index in [9.17, 15) is 0 Å². The van der Waals surface area contributed by atoms with Gasteiger partial charge in [0.25, 0.3) is 0 Å². The van der Waals surface area contributed by atoms with Crippen LogP contribution < -0.4 is 5.32 Å². The molecule has 2 nitrogen and oxygen atoms in total. The third-order valence-electron chi connectivity index (χ3n) is 4.34. The van der Waals surface area contributed by atoms with Gasteiger partial charge in [0, 0.05) is 10.0 Å². The molecule has 0 aliphatic heterocycles. The molecular formula is C18H23BrNO+. The van der Waals surface area contributed by atoms with Gasteiger partial charge < -0.3 is 9.73 Å². The Morgan fingerprint density at radius 1 is 0.952 bits per heavy atom. The lowest BCUT2D eigenvalue weighted by Crippen LogP contribution is -2.88. The Labute approximate surface area is 135 Å². The molecule has 0 amide bonds. The van der Waals surface area contributed by atoms with Crippen LogP contribution in [0.15, 0.2) is 45.3 Å². The van der Waals surface area contributed by atoms with E-state index in [0.717, 1.165) is 34.1 Å². The van der Waals surface area contributed by atoms with Gasteiger partial charge in [-0.3, -0.25) is 0 Å². The van der Waals surface area contributed by atoms with E-state index in [0.29, 0.717) is 0 Å². The number of furan rings is 1. The molecule has 1 heterocycles. The van der Waals surface area contributed by atoms with Crippen LogP contribution in [0.4, 0.5) is 0 Å². The van der Waals surface area contributed by atoms with Gasteiger partial charge in [0.2, 0.25) is 0 Å². The molecule has 1 fully saturated rings. The second-order valence-electron chi connectivity index (χ2n) is 5.96. The molecule has 0 unspecified atom stereocenters. The Kier molecular flexibility index (Phi) is 5.15. The van der Waals surface area contributed by atoms with E-state index in [1.54, 1.807) is 0 Å². The summed E-state index contributed by atoms with van der Waals surface area (Å²) in [6.07, 6.45) is 8.34. The molecule has 2 N–H and O–H groups in total. The predicted octanol–water partition coefficient (Wildman–Crippen LogP) is 4.50. The molecule has 0 saturated heterocycles. The monoisotopic (exact) mass is 348 g/mol. The van der Waals surface area contributed by atoms with Crippen molar-refractivity contribution in [3.63, 3.8) is 0 Å². The summed E-state index contributed by atoms with van der Waals surface area (Å²) in [6.45, 7) is 0.960. The standard InChI is InChI=1S/C18H22BrNO/c19-15-9-7-14(8-10-15)18-12-11-17(21-18)13-20-16-5-3-1-2-4-6-16/h7-12,16,20H,1-6,13H2/p+1. The zero-order chi connectivity index (χ0) is 14.5. The molecule has 0 spiro atoms. The van der Waals surface area contributed by atoms with Crippen molar-refractivity contribution in [2.75, 3.05) is 0 Å². The van der Waals surface area contributed by atoms with E-state index < -0.39 is 0 Å². The van der Waals surface area contributed by atoms with Crippen LogP contribution in [0.5, 0.6) is 0 Å². The minimum Gasteiger partial charge on any atom is -0.455 e. The first-order chi connectivity index (χ1) is 10.3. The summed E-state index contributed by atoms with van der Waals surface area (Å²) in [5.74, 6) is 2.05. The van der Waals surface area contributed by atoms with Gasteiger partial charge in [-0.1, -0.05) is 40.9 Å². The summed E-state index contributed by atoms with van der Waals surface area (Å²) in [4.78, 5) is 0. The zero-order valence-electron chi connectivity index (χ0n) is 12.4. The molecule has 1 saturated carbocycles. The fourth-order valence-corrected chi connectivity index (χ4v) is 3.35. The minimum absolute atomic E-state index is 0.786. The number of quaternary nitrogens is 1. The number of halogens is 1. The Morgan fingerprint density at radius 2 is 1.67 bits per heavy atom. The lowest BCUT2D eigenvalue weighted by atomic mass is 10.1. The maximum atomic E-state index is 5.99. The van der Waals surface area contributed by atoms with Gasteiger partial charge in [-0.2, -0.15) is 0 Å². The first-order valence-electron chi connectivity index (χ1n) is 7.99. The first kappa shape index (κ1) is 14.9. The van der Waals surface area contributed by atoms with Crippen LogP contribution in [-0.4, -0.2) is 6.04 Å². The lowest BCUT2D eigenvalue weighted by molar-refractivity contribution is -0.707.